The molecule has 0 radical (unpaired) electrons. The van der Waals surface area contributed by atoms with Crippen molar-refractivity contribution >= 4 is 27.5 Å². The molecule has 0 saturated carbocycles. The van der Waals surface area contributed by atoms with E-state index in [0.717, 1.165) is 40.3 Å². The van der Waals surface area contributed by atoms with Gasteiger partial charge in [0.1, 0.15) is 15.5 Å². The highest BCUT2D eigenvalue weighted by Crippen LogP contribution is 2.37. The number of nitrogens with zero attached hydrogens (tertiary/aromatic N) is 4. The first-order valence-corrected chi connectivity index (χ1v) is 10.6. The second-order valence-electron chi connectivity index (χ2n) is 7.48. The van der Waals surface area contributed by atoms with Crippen LogP contribution in [0.4, 0.5) is 0 Å². The van der Waals surface area contributed by atoms with Crippen LogP contribution in [0.3, 0.4) is 0 Å². The van der Waals surface area contributed by atoms with Gasteiger partial charge in [-0.25, -0.2) is 15.0 Å². The van der Waals surface area contributed by atoms with Crippen molar-refractivity contribution in [3.63, 3.8) is 0 Å². The molecule has 1 aliphatic rings. The van der Waals surface area contributed by atoms with Crippen LogP contribution in [-0.4, -0.2) is 52.5 Å². The van der Waals surface area contributed by atoms with Gasteiger partial charge in [-0.3, -0.25) is 9.69 Å². The van der Waals surface area contributed by atoms with Crippen LogP contribution in [0.25, 0.3) is 10.2 Å². The summed E-state index contributed by atoms with van der Waals surface area (Å²) in [5.74, 6) is 1.09. The zero-order chi connectivity index (χ0) is 20.4. The van der Waals surface area contributed by atoms with E-state index in [4.69, 9.17) is 4.74 Å². The van der Waals surface area contributed by atoms with Gasteiger partial charge in [0.15, 0.2) is 0 Å². The summed E-state index contributed by atoms with van der Waals surface area (Å²) in [4.78, 5) is 29.7. The average Bonchev–Trinajstić information content (AvgIpc) is 3.13. The Hall–Kier alpha value is -2.42. The lowest BCUT2D eigenvalue weighted by Crippen LogP contribution is -2.38. The smallest absolute Gasteiger partial charge is 0.261 e. The van der Waals surface area contributed by atoms with E-state index in [-0.39, 0.29) is 12.0 Å². The number of rotatable bonds is 5. The number of morpholine rings is 1. The van der Waals surface area contributed by atoms with Gasteiger partial charge in [-0.2, -0.15) is 0 Å². The van der Waals surface area contributed by atoms with Crippen molar-refractivity contribution < 1.29 is 9.53 Å². The maximum atomic E-state index is 12.5. The van der Waals surface area contributed by atoms with Crippen LogP contribution < -0.4 is 5.32 Å². The predicted octanol–water partition coefficient (Wildman–Crippen LogP) is 3.14. The Bertz CT molecular complexity index is 1000. The molecule has 0 aromatic carbocycles. The lowest BCUT2D eigenvalue weighted by atomic mass is 10.0. The fourth-order valence-corrected chi connectivity index (χ4v) is 4.72. The van der Waals surface area contributed by atoms with Crippen LogP contribution in [0.2, 0.25) is 0 Å². The number of thiophene rings is 1. The molecule has 4 rings (SSSR count). The Morgan fingerprint density at radius 1 is 1.34 bits per heavy atom. The van der Waals surface area contributed by atoms with E-state index in [1.807, 2.05) is 24.5 Å². The second-order valence-corrected chi connectivity index (χ2v) is 8.48. The zero-order valence-electron chi connectivity index (χ0n) is 16.9. The molecule has 1 atom stereocenters. The summed E-state index contributed by atoms with van der Waals surface area (Å²) in [6.07, 6.45) is 5.40. The molecule has 1 fully saturated rings. The van der Waals surface area contributed by atoms with E-state index in [2.05, 4.69) is 39.0 Å². The summed E-state index contributed by atoms with van der Waals surface area (Å²) in [6, 6.07) is 3.92. The summed E-state index contributed by atoms with van der Waals surface area (Å²) in [7, 11) is 1.65. The minimum atomic E-state index is -0.176. The van der Waals surface area contributed by atoms with Gasteiger partial charge in [-0.15, -0.1) is 11.3 Å². The normalized spacial score (nSPS) is 17.7. The number of hydrogen-bond donors (Lipinski definition) is 1. The Balaban J connectivity index is 1.58. The molecule has 152 valence electrons. The number of carbonyl (C=O) groups excluding carboxylic acids is 1. The molecule has 29 heavy (non-hydrogen) atoms. The van der Waals surface area contributed by atoms with Crippen molar-refractivity contribution in [1.29, 1.82) is 0 Å². The van der Waals surface area contributed by atoms with Crippen molar-refractivity contribution in [2.75, 3.05) is 26.7 Å². The Morgan fingerprint density at radius 3 is 2.86 bits per heavy atom. The van der Waals surface area contributed by atoms with Gasteiger partial charge in [-0.05, 0) is 6.07 Å². The van der Waals surface area contributed by atoms with E-state index in [1.54, 1.807) is 13.2 Å². The SMILES string of the molecule is CNC(=O)c1sc2ncccc2c1[C@H]1CN(Cc2cnc(C(C)C)nc2)CCO1. The van der Waals surface area contributed by atoms with Crippen LogP contribution in [-0.2, 0) is 11.3 Å². The van der Waals surface area contributed by atoms with Gasteiger partial charge >= 0.3 is 0 Å². The van der Waals surface area contributed by atoms with E-state index in [9.17, 15) is 4.79 Å². The van der Waals surface area contributed by atoms with E-state index in [1.165, 1.54) is 11.3 Å². The molecule has 0 bridgehead atoms. The number of hydrogen-bond acceptors (Lipinski definition) is 7. The largest absolute Gasteiger partial charge is 0.371 e. The van der Waals surface area contributed by atoms with E-state index < -0.39 is 0 Å². The molecule has 0 unspecified atom stereocenters. The molecule has 1 saturated heterocycles. The molecule has 7 nitrogen and oxygen atoms in total. The number of aromatic nitrogens is 3. The van der Waals surface area contributed by atoms with Gasteiger partial charge in [0.25, 0.3) is 5.91 Å². The topological polar surface area (TPSA) is 80.2 Å². The number of pyridine rings is 1. The molecular weight excluding hydrogens is 386 g/mol. The molecule has 3 aromatic rings. The van der Waals surface area contributed by atoms with Crippen molar-refractivity contribution in [1.82, 2.24) is 25.2 Å². The van der Waals surface area contributed by atoms with Gasteiger partial charge < -0.3 is 10.1 Å². The number of carbonyl (C=O) groups is 1. The third-order valence-corrected chi connectivity index (χ3v) is 6.19. The summed E-state index contributed by atoms with van der Waals surface area (Å²) >= 11 is 1.42. The highest BCUT2D eigenvalue weighted by Gasteiger charge is 2.30. The molecule has 3 aromatic heterocycles. The lowest BCUT2D eigenvalue weighted by molar-refractivity contribution is -0.0323. The van der Waals surface area contributed by atoms with Crippen molar-refractivity contribution in [2.45, 2.75) is 32.4 Å². The summed E-state index contributed by atoms with van der Waals surface area (Å²) in [5.41, 5.74) is 2.02. The Labute approximate surface area is 174 Å². The molecular formula is C21H25N5O2S. The second kappa shape index (κ2) is 8.52. The van der Waals surface area contributed by atoms with Gasteiger partial charge in [-0.1, -0.05) is 19.9 Å². The maximum Gasteiger partial charge on any atom is 0.261 e. The van der Waals surface area contributed by atoms with Crippen LogP contribution in [0, 0.1) is 0 Å². The predicted molar refractivity (Wildman–Crippen MR) is 113 cm³/mol. The Morgan fingerprint density at radius 2 is 2.14 bits per heavy atom. The van der Waals surface area contributed by atoms with E-state index >= 15 is 0 Å². The van der Waals surface area contributed by atoms with Crippen LogP contribution in [0.5, 0.6) is 0 Å². The summed E-state index contributed by atoms with van der Waals surface area (Å²) < 4.78 is 6.11. The van der Waals surface area contributed by atoms with Crippen molar-refractivity contribution in [3.8, 4) is 0 Å². The van der Waals surface area contributed by atoms with Crippen LogP contribution in [0.15, 0.2) is 30.7 Å². The van der Waals surface area contributed by atoms with Crippen LogP contribution in [0.1, 0.15) is 52.5 Å². The van der Waals surface area contributed by atoms with Gasteiger partial charge in [0.2, 0.25) is 0 Å². The number of nitrogens with one attached hydrogen (secondary N) is 1. The fraction of sp³-hybridized carbons (Fsp3) is 0.429. The minimum absolute atomic E-state index is 0.0959. The minimum Gasteiger partial charge on any atom is -0.371 e. The summed E-state index contributed by atoms with van der Waals surface area (Å²) in [5, 5.41) is 3.74. The van der Waals surface area contributed by atoms with E-state index in [0.29, 0.717) is 23.9 Å². The standard InChI is InChI=1S/C21H25N5O2S/c1-13(2)19-24-9-14(10-25-19)11-26-7-8-28-16(12-26)17-15-5-4-6-23-21(15)29-18(17)20(27)22-3/h4-6,9-10,13,16H,7-8,11-12H2,1-3H3,(H,22,27)/t16-/m1/s1. The number of ether oxygens (including phenoxy) is 1. The monoisotopic (exact) mass is 411 g/mol. The van der Waals surface area contributed by atoms with Gasteiger partial charge in [0, 0.05) is 67.7 Å². The molecule has 0 spiro atoms. The Kier molecular flexibility index (Phi) is 5.84. The molecule has 0 aliphatic carbocycles. The lowest BCUT2D eigenvalue weighted by Gasteiger charge is -2.33. The molecule has 1 amide bonds. The summed E-state index contributed by atoms with van der Waals surface area (Å²) in [6.45, 7) is 7.08. The highest BCUT2D eigenvalue weighted by atomic mass is 32.1. The number of fused-ring (bicyclic) bond motifs is 1. The van der Waals surface area contributed by atoms with Crippen LogP contribution >= 0.6 is 11.3 Å². The molecule has 1 aliphatic heterocycles. The zero-order valence-corrected chi connectivity index (χ0v) is 17.7. The quantitative estimate of drug-likeness (QED) is 0.695. The average molecular weight is 412 g/mol. The third kappa shape index (κ3) is 4.14. The van der Waals surface area contributed by atoms with Gasteiger partial charge in [0.05, 0.1) is 12.7 Å². The number of amides is 1. The maximum absolute atomic E-state index is 12.5. The van der Waals surface area contributed by atoms with Crippen molar-refractivity contribution in [2.24, 2.45) is 0 Å². The van der Waals surface area contributed by atoms with Crippen molar-refractivity contribution in [3.05, 3.63) is 52.6 Å². The third-order valence-electron chi connectivity index (χ3n) is 5.06. The first-order chi connectivity index (χ1) is 14.1. The first kappa shape index (κ1) is 19.9. The molecule has 8 heteroatoms. The highest BCUT2D eigenvalue weighted by molar-refractivity contribution is 7.20. The molecule has 4 heterocycles. The fourth-order valence-electron chi connectivity index (χ4n) is 3.58. The first-order valence-electron chi connectivity index (χ1n) is 9.81. The molecule has 1 N–H and O–H groups in total.